The molecule has 0 unspecified atom stereocenters. The Morgan fingerprint density at radius 3 is 1.66 bits per heavy atom. The molecule has 7 aromatic carbocycles. The Hall–Kier alpha value is -5.86. The number of fused-ring (bicyclic) bond motifs is 5. The van der Waals surface area contributed by atoms with Crippen molar-refractivity contribution >= 4 is 38.9 Å². The maximum atomic E-state index is 2.52. The van der Waals surface area contributed by atoms with Gasteiger partial charge in [0, 0.05) is 33.5 Å². The molecule has 2 atom stereocenters. The van der Waals surface area contributed by atoms with Crippen molar-refractivity contribution in [3.63, 3.8) is 0 Å². The number of para-hydroxylation sites is 2. The van der Waals surface area contributed by atoms with Gasteiger partial charge in [-0.25, -0.2) is 0 Å². The number of hydrogen-bond acceptors (Lipinski definition) is 1. The lowest BCUT2D eigenvalue weighted by atomic mass is 9.66. The summed E-state index contributed by atoms with van der Waals surface area (Å²) in [5, 5.41) is 2.56. The Kier molecular flexibility index (Phi) is 7.79. The molecule has 2 heteroatoms. The molecule has 8 aromatic rings. The third-order valence-corrected chi connectivity index (χ3v) is 12.3. The minimum Gasteiger partial charge on any atom is -0.310 e. The van der Waals surface area contributed by atoms with E-state index in [9.17, 15) is 0 Å². The van der Waals surface area contributed by atoms with E-state index in [1.807, 2.05) is 0 Å². The summed E-state index contributed by atoms with van der Waals surface area (Å²) in [4.78, 5) is 2.42. The number of anilines is 3. The van der Waals surface area contributed by atoms with Crippen LogP contribution in [0.3, 0.4) is 0 Å². The minimum absolute atomic E-state index is 0.274. The predicted molar refractivity (Wildman–Crippen MR) is 224 cm³/mol. The fourth-order valence-corrected chi connectivity index (χ4v) is 9.89. The lowest BCUT2D eigenvalue weighted by Crippen LogP contribution is -2.30. The lowest BCUT2D eigenvalue weighted by Gasteiger charge is -2.38. The highest BCUT2D eigenvalue weighted by molar-refractivity contribution is 6.09. The zero-order chi connectivity index (χ0) is 35.4. The molecule has 2 nitrogen and oxygen atoms in total. The normalized spacial score (nSPS) is 19.5. The van der Waals surface area contributed by atoms with E-state index in [1.54, 1.807) is 0 Å². The molecular weight excluding hydrogens is 641 g/mol. The highest BCUT2D eigenvalue weighted by Crippen LogP contribution is 2.52. The highest BCUT2D eigenvalue weighted by atomic mass is 15.1. The van der Waals surface area contributed by atoms with E-state index in [1.165, 1.54) is 93.1 Å². The standard InChI is InChI=1S/C51H44N2/c1-51(34-36-21-22-37(31-36)35-51)42-25-29-44(30-26-42)52(45-15-9-13-40(32-45)38-11-3-2-4-12-38)43-27-23-39(24-28-43)41-14-10-16-46(33-41)53-49-19-7-5-17-47(49)48-18-6-8-20-50(48)53/h2-20,23-30,32-33,36-37H,21-22,31,34-35H2,1H3/t36-,37-/m1/s1. The van der Waals surface area contributed by atoms with Crippen molar-refractivity contribution in [1.82, 2.24) is 4.57 Å². The van der Waals surface area contributed by atoms with Crippen LogP contribution in [0.1, 0.15) is 44.6 Å². The molecule has 0 N–H and O–H groups in total. The van der Waals surface area contributed by atoms with Gasteiger partial charge in [-0.1, -0.05) is 135 Å². The van der Waals surface area contributed by atoms with E-state index < -0.39 is 0 Å². The van der Waals surface area contributed by atoms with Crippen molar-refractivity contribution in [2.24, 2.45) is 11.8 Å². The fraction of sp³-hybridized carbons (Fsp3) is 0.176. The largest absolute Gasteiger partial charge is 0.310 e. The van der Waals surface area contributed by atoms with Gasteiger partial charge in [-0.3, -0.25) is 0 Å². The van der Waals surface area contributed by atoms with Crippen LogP contribution in [0.4, 0.5) is 17.1 Å². The van der Waals surface area contributed by atoms with Crippen LogP contribution in [0.2, 0.25) is 0 Å². The maximum absolute atomic E-state index is 2.52. The molecule has 2 aliphatic carbocycles. The maximum Gasteiger partial charge on any atom is 0.0541 e. The molecule has 2 saturated carbocycles. The SMILES string of the molecule is CC1(c2ccc(N(c3ccc(-c4cccc(-n5c6ccccc6c6ccccc65)c4)cc3)c3cccc(-c4ccccc4)c3)cc2)C[C@@H]2CC[C@H](C2)C1. The molecule has 0 aliphatic heterocycles. The summed E-state index contributed by atoms with van der Waals surface area (Å²) in [7, 11) is 0. The van der Waals surface area contributed by atoms with Crippen molar-refractivity contribution in [1.29, 1.82) is 0 Å². The summed E-state index contributed by atoms with van der Waals surface area (Å²) in [6, 6.07) is 64.7. The quantitative estimate of drug-likeness (QED) is 0.162. The molecule has 2 fully saturated rings. The summed E-state index contributed by atoms with van der Waals surface area (Å²) in [5.74, 6) is 1.80. The van der Waals surface area contributed by atoms with Crippen LogP contribution in [0.5, 0.6) is 0 Å². The van der Waals surface area contributed by atoms with E-state index in [4.69, 9.17) is 0 Å². The van der Waals surface area contributed by atoms with E-state index >= 15 is 0 Å². The lowest BCUT2D eigenvalue weighted by molar-refractivity contribution is 0.232. The van der Waals surface area contributed by atoms with E-state index in [0.29, 0.717) is 0 Å². The summed E-state index contributed by atoms with van der Waals surface area (Å²) >= 11 is 0. The molecule has 1 aromatic heterocycles. The minimum atomic E-state index is 0.274. The number of aromatic nitrogens is 1. The van der Waals surface area contributed by atoms with Gasteiger partial charge < -0.3 is 9.47 Å². The first kappa shape index (κ1) is 31.8. The van der Waals surface area contributed by atoms with Crippen LogP contribution in [-0.4, -0.2) is 4.57 Å². The molecule has 0 amide bonds. The number of nitrogens with zero attached hydrogens (tertiary/aromatic N) is 2. The van der Waals surface area contributed by atoms with Gasteiger partial charge in [0.15, 0.2) is 0 Å². The summed E-state index contributed by atoms with van der Waals surface area (Å²) in [6.45, 7) is 2.52. The van der Waals surface area contributed by atoms with Crippen LogP contribution in [0.15, 0.2) is 176 Å². The third kappa shape index (κ3) is 5.74. The van der Waals surface area contributed by atoms with Crippen molar-refractivity contribution in [2.45, 2.75) is 44.4 Å². The van der Waals surface area contributed by atoms with Crippen molar-refractivity contribution in [2.75, 3.05) is 4.90 Å². The number of rotatable bonds is 7. The van der Waals surface area contributed by atoms with Crippen LogP contribution < -0.4 is 4.90 Å². The molecule has 0 radical (unpaired) electrons. The average Bonchev–Trinajstić information content (AvgIpc) is 3.75. The molecule has 2 bridgehead atoms. The Morgan fingerprint density at radius 1 is 0.472 bits per heavy atom. The van der Waals surface area contributed by atoms with Crippen LogP contribution in [0.25, 0.3) is 49.7 Å². The van der Waals surface area contributed by atoms with Crippen molar-refractivity contribution in [3.05, 3.63) is 181 Å². The van der Waals surface area contributed by atoms with E-state index in [-0.39, 0.29) is 5.41 Å². The molecule has 258 valence electrons. The van der Waals surface area contributed by atoms with Crippen LogP contribution in [-0.2, 0) is 5.41 Å². The average molecular weight is 685 g/mol. The van der Waals surface area contributed by atoms with Crippen LogP contribution >= 0.6 is 0 Å². The van der Waals surface area contributed by atoms with Gasteiger partial charge in [0.1, 0.15) is 0 Å². The Bertz CT molecular complexity index is 2490. The predicted octanol–water partition coefficient (Wildman–Crippen LogP) is 14.1. The third-order valence-electron chi connectivity index (χ3n) is 12.3. The molecule has 53 heavy (non-hydrogen) atoms. The second-order valence-electron chi connectivity index (χ2n) is 15.8. The molecular formula is C51H44N2. The second kappa shape index (κ2) is 13.0. The monoisotopic (exact) mass is 684 g/mol. The topological polar surface area (TPSA) is 8.17 Å². The zero-order valence-corrected chi connectivity index (χ0v) is 30.3. The van der Waals surface area contributed by atoms with Gasteiger partial charge in [0.25, 0.3) is 0 Å². The van der Waals surface area contributed by atoms with Gasteiger partial charge >= 0.3 is 0 Å². The van der Waals surface area contributed by atoms with Gasteiger partial charge in [-0.05, 0) is 125 Å². The Morgan fingerprint density at radius 2 is 1.00 bits per heavy atom. The molecule has 0 spiro atoms. The van der Waals surface area contributed by atoms with Gasteiger partial charge in [-0.2, -0.15) is 0 Å². The zero-order valence-electron chi connectivity index (χ0n) is 30.3. The van der Waals surface area contributed by atoms with Gasteiger partial charge in [0.05, 0.1) is 11.0 Å². The van der Waals surface area contributed by atoms with E-state index in [2.05, 4.69) is 192 Å². The number of benzene rings is 7. The molecule has 0 saturated heterocycles. The van der Waals surface area contributed by atoms with E-state index in [0.717, 1.165) is 23.2 Å². The summed E-state index contributed by atoms with van der Waals surface area (Å²) in [6.07, 6.45) is 6.94. The number of hydrogen-bond donors (Lipinski definition) is 0. The second-order valence-corrected chi connectivity index (χ2v) is 15.8. The molecule has 1 heterocycles. The fourth-order valence-electron chi connectivity index (χ4n) is 9.89. The first-order valence-corrected chi connectivity index (χ1v) is 19.3. The van der Waals surface area contributed by atoms with Crippen molar-refractivity contribution < 1.29 is 0 Å². The first-order chi connectivity index (χ1) is 26.1. The smallest absolute Gasteiger partial charge is 0.0541 e. The first-order valence-electron chi connectivity index (χ1n) is 19.3. The summed E-state index contributed by atoms with van der Waals surface area (Å²) < 4.78 is 2.40. The Labute approximate surface area is 313 Å². The van der Waals surface area contributed by atoms with Crippen LogP contribution in [0, 0.1) is 11.8 Å². The molecule has 2 aliphatic rings. The molecule has 10 rings (SSSR count). The van der Waals surface area contributed by atoms with Gasteiger partial charge in [0.2, 0.25) is 0 Å². The summed E-state index contributed by atoms with van der Waals surface area (Å²) in [5.41, 5.74) is 13.7. The van der Waals surface area contributed by atoms with Gasteiger partial charge in [-0.15, -0.1) is 0 Å². The highest BCUT2D eigenvalue weighted by Gasteiger charge is 2.41. The van der Waals surface area contributed by atoms with Crippen molar-refractivity contribution in [3.8, 4) is 27.9 Å². The Balaban J connectivity index is 1.02.